The van der Waals surface area contributed by atoms with Gasteiger partial charge in [-0.25, -0.2) is 8.42 Å². The van der Waals surface area contributed by atoms with Crippen molar-refractivity contribution >= 4 is 15.5 Å². The van der Waals surface area contributed by atoms with Gasteiger partial charge in [-0.2, -0.15) is 0 Å². The minimum atomic E-state index is -3.13. The van der Waals surface area contributed by atoms with Gasteiger partial charge >= 0.3 is 0 Å². The zero-order chi connectivity index (χ0) is 17.3. The molecular formula is C18H29N3O2S. The van der Waals surface area contributed by atoms with E-state index in [1.54, 1.807) is 13.0 Å². The van der Waals surface area contributed by atoms with Gasteiger partial charge in [0.15, 0.2) is 9.84 Å². The first-order valence-electron chi connectivity index (χ1n) is 8.96. The molecule has 2 heterocycles. The van der Waals surface area contributed by atoms with Crippen LogP contribution in [0.1, 0.15) is 20.8 Å². The third-order valence-electron chi connectivity index (χ3n) is 5.38. The Morgan fingerprint density at radius 1 is 1.12 bits per heavy atom. The Morgan fingerprint density at radius 3 is 2.38 bits per heavy atom. The number of rotatable bonds is 5. The Hall–Kier alpha value is -1.11. The molecule has 2 aliphatic heterocycles. The SMILES string of the molecule is CCS(=O)(=O)c1cccc(N2CC(N3CCN(C(C)C)CC3)C2)c1. The maximum atomic E-state index is 12.0. The summed E-state index contributed by atoms with van der Waals surface area (Å²) >= 11 is 0. The molecule has 6 heteroatoms. The molecular weight excluding hydrogens is 322 g/mol. The largest absolute Gasteiger partial charge is 0.368 e. The lowest BCUT2D eigenvalue weighted by molar-refractivity contribution is 0.0678. The molecule has 0 spiro atoms. The number of anilines is 1. The van der Waals surface area contributed by atoms with Gasteiger partial charge in [-0.15, -0.1) is 0 Å². The van der Waals surface area contributed by atoms with E-state index in [0.717, 1.165) is 45.0 Å². The molecule has 0 saturated carbocycles. The standard InChI is InChI=1S/C18H29N3O2S/c1-4-24(22,23)18-7-5-6-16(12-18)21-13-17(14-21)20-10-8-19(9-11-20)15(2)3/h5-7,12,15,17H,4,8-11,13-14H2,1-3H3. The second-order valence-corrected chi connectivity index (χ2v) is 9.40. The Bertz CT molecular complexity index is 661. The molecule has 2 saturated heterocycles. The van der Waals surface area contributed by atoms with E-state index in [1.807, 2.05) is 18.2 Å². The number of sulfone groups is 1. The lowest BCUT2D eigenvalue weighted by atomic mass is 10.0. The molecule has 5 nitrogen and oxygen atoms in total. The van der Waals surface area contributed by atoms with Crippen LogP contribution in [0, 0.1) is 0 Å². The molecule has 0 atom stereocenters. The third-order valence-corrected chi connectivity index (χ3v) is 7.11. The van der Waals surface area contributed by atoms with Crippen molar-refractivity contribution in [3.8, 4) is 0 Å². The molecule has 3 rings (SSSR count). The summed E-state index contributed by atoms with van der Waals surface area (Å²) in [7, 11) is -3.13. The summed E-state index contributed by atoms with van der Waals surface area (Å²) in [6.45, 7) is 12.8. The maximum absolute atomic E-state index is 12.0. The maximum Gasteiger partial charge on any atom is 0.178 e. The lowest BCUT2D eigenvalue weighted by Crippen LogP contribution is -2.63. The van der Waals surface area contributed by atoms with Gasteiger partial charge < -0.3 is 4.90 Å². The van der Waals surface area contributed by atoms with Crippen LogP contribution in [0.4, 0.5) is 5.69 Å². The summed E-state index contributed by atoms with van der Waals surface area (Å²) in [4.78, 5) is 7.85. The number of nitrogens with zero attached hydrogens (tertiary/aromatic N) is 3. The average molecular weight is 352 g/mol. The molecule has 1 aromatic rings. The van der Waals surface area contributed by atoms with E-state index >= 15 is 0 Å². The third kappa shape index (κ3) is 3.60. The van der Waals surface area contributed by atoms with Crippen LogP contribution in [0.5, 0.6) is 0 Å². The fourth-order valence-electron chi connectivity index (χ4n) is 3.56. The molecule has 24 heavy (non-hydrogen) atoms. The molecule has 0 N–H and O–H groups in total. The number of piperazine rings is 1. The second-order valence-electron chi connectivity index (χ2n) is 7.13. The highest BCUT2D eigenvalue weighted by Crippen LogP contribution is 2.27. The molecule has 1 aromatic carbocycles. The van der Waals surface area contributed by atoms with E-state index in [9.17, 15) is 8.42 Å². The highest BCUT2D eigenvalue weighted by Gasteiger charge is 2.34. The van der Waals surface area contributed by atoms with Crippen molar-refractivity contribution in [2.75, 3.05) is 49.9 Å². The Kier molecular flexibility index (Phi) is 5.18. The van der Waals surface area contributed by atoms with Crippen molar-refractivity contribution in [1.82, 2.24) is 9.80 Å². The van der Waals surface area contributed by atoms with Gasteiger partial charge in [0.05, 0.1) is 10.6 Å². The summed E-state index contributed by atoms with van der Waals surface area (Å²) in [6, 6.07) is 8.63. The number of hydrogen-bond donors (Lipinski definition) is 0. The fourth-order valence-corrected chi connectivity index (χ4v) is 4.48. The molecule has 0 amide bonds. The fraction of sp³-hybridized carbons (Fsp3) is 0.667. The van der Waals surface area contributed by atoms with Gasteiger partial charge in [-0.3, -0.25) is 9.80 Å². The van der Waals surface area contributed by atoms with E-state index in [-0.39, 0.29) is 5.75 Å². The quantitative estimate of drug-likeness (QED) is 0.808. The Morgan fingerprint density at radius 2 is 1.79 bits per heavy atom. The van der Waals surface area contributed by atoms with E-state index in [4.69, 9.17) is 0 Å². The van der Waals surface area contributed by atoms with Crippen molar-refractivity contribution in [2.24, 2.45) is 0 Å². The molecule has 134 valence electrons. The molecule has 2 aliphatic rings. The van der Waals surface area contributed by atoms with Crippen LogP contribution in [-0.4, -0.2) is 75.3 Å². The van der Waals surface area contributed by atoms with Crippen LogP contribution in [0.15, 0.2) is 29.2 Å². The topological polar surface area (TPSA) is 43.9 Å². The van der Waals surface area contributed by atoms with E-state index in [0.29, 0.717) is 17.0 Å². The number of hydrogen-bond acceptors (Lipinski definition) is 5. The first-order valence-corrected chi connectivity index (χ1v) is 10.6. The molecule has 0 bridgehead atoms. The van der Waals surface area contributed by atoms with Crippen LogP contribution in [0.25, 0.3) is 0 Å². The number of benzene rings is 1. The molecule has 0 aromatic heterocycles. The van der Waals surface area contributed by atoms with Gasteiger partial charge in [0.1, 0.15) is 0 Å². The Labute approximate surface area is 146 Å². The van der Waals surface area contributed by atoms with Gasteiger partial charge in [0.25, 0.3) is 0 Å². The Balaban J connectivity index is 1.57. The van der Waals surface area contributed by atoms with Crippen molar-refractivity contribution in [1.29, 1.82) is 0 Å². The van der Waals surface area contributed by atoms with Crippen molar-refractivity contribution in [3.05, 3.63) is 24.3 Å². The molecule has 0 aliphatic carbocycles. The summed E-state index contributed by atoms with van der Waals surface area (Å²) in [5, 5.41) is 0. The predicted octanol–water partition coefficient (Wildman–Crippen LogP) is 1.69. The van der Waals surface area contributed by atoms with Gasteiger partial charge in [0, 0.05) is 57.0 Å². The van der Waals surface area contributed by atoms with Crippen LogP contribution in [0.2, 0.25) is 0 Å². The minimum Gasteiger partial charge on any atom is -0.368 e. The lowest BCUT2D eigenvalue weighted by Gasteiger charge is -2.49. The highest BCUT2D eigenvalue weighted by atomic mass is 32.2. The average Bonchev–Trinajstić information content (AvgIpc) is 2.54. The predicted molar refractivity (Wildman–Crippen MR) is 98.5 cm³/mol. The zero-order valence-corrected chi connectivity index (χ0v) is 15.8. The van der Waals surface area contributed by atoms with Crippen LogP contribution in [0.3, 0.4) is 0 Å². The summed E-state index contributed by atoms with van der Waals surface area (Å²) in [5.74, 6) is 0.152. The molecule has 2 fully saturated rings. The minimum absolute atomic E-state index is 0.152. The highest BCUT2D eigenvalue weighted by molar-refractivity contribution is 7.91. The summed E-state index contributed by atoms with van der Waals surface area (Å²) in [5.41, 5.74) is 1.03. The van der Waals surface area contributed by atoms with Crippen LogP contribution in [-0.2, 0) is 9.84 Å². The van der Waals surface area contributed by atoms with Crippen molar-refractivity contribution in [3.63, 3.8) is 0 Å². The van der Waals surface area contributed by atoms with E-state index < -0.39 is 9.84 Å². The van der Waals surface area contributed by atoms with Crippen molar-refractivity contribution < 1.29 is 8.42 Å². The van der Waals surface area contributed by atoms with E-state index in [2.05, 4.69) is 28.5 Å². The zero-order valence-electron chi connectivity index (χ0n) is 15.0. The van der Waals surface area contributed by atoms with Crippen molar-refractivity contribution in [2.45, 2.75) is 37.8 Å². The van der Waals surface area contributed by atoms with Crippen LogP contribution >= 0.6 is 0 Å². The molecule has 0 radical (unpaired) electrons. The monoisotopic (exact) mass is 351 g/mol. The van der Waals surface area contributed by atoms with Gasteiger partial charge in [-0.05, 0) is 32.0 Å². The van der Waals surface area contributed by atoms with Crippen LogP contribution < -0.4 is 4.90 Å². The van der Waals surface area contributed by atoms with E-state index in [1.165, 1.54) is 0 Å². The summed E-state index contributed by atoms with van der Waals surface area (Å²) in [6.07, 6.45) is 0. The first-order chi connectivity index (χ1) is 11.4. The van der Waals surface area contributed by atoms with Gasteiger partial charge in [0.2, 0.25) is 0 Å². The first kappa shape index (κ1) is 17.7. The van der Waals surface area contributed by atoms with Gasteiger partial charge in [-0.1, -0.05) is 13.0 Å². The molecule has 0 unspecified atom stereocenters. The smallest absolute Gasteiger partial charge is 0.178 e. The summed E-state index contributed by atoms with van der Waals surface area (Å²) < 4.78 is 24.1. The second kappa shape index (κ2) is 7.02. The normalized spacial score (nSPS) is 21.2.